The van der Waals surface area contributed by atoms with Crippen LogP contribution in [0.15, 0.2) is 53.4 Å². The molecule has 2 amide bonds. The van der Waals surface area contributed by atoms with Gasteiger partial charge in [-0.15, -0.1) is 11.8 Å². The zero-order valence-corrected chi connectivity index (χ0v) is 15.7. The van der Waals surface area contributed by atoms with Crippen LogP contribution in [0.4, 0.5) is 4.39 Å². The Kier molecular flexibility index (Phi) is 7.66. The van der Waals surface area contributed by atoms with Crippen molar-refractivity contribution in [2.45, 2.75) is 31.2 Å². The van der Waals surface area contributed by atoms with E-state index in [2.05, 4.69) is 10.6 Å². The fourth-order valence-corrected chi connectivity index (χ4v) is 3.21. The Morgan fingerprint density at radius 2 is 1.77 bits per heavy atom. The van der Waals surface area contributed by atoms with Crippen molar-refractivity contribution in [3.63, 3.8) is 0 Å². The van der Waals surface area contributed by atoms with Crippen molar-refractivity contribution in [2.24, 2.45) is 0 Å². The Hall–Kier alpha value is -2.34. The minimum atomic E-state index is -0.273. The molecule has 0 bridgehead atoms. The number of nitrogens with one attached hydrogen (secondary N) is 2. The van der Waals surface area contributed by atoms with E-state index in [1.165, 1.54) is 23.9 Å². The smallest absolute Gasteiger partial charge is 0.252 e. The second kappa shape index (κ2) is 9.97. The number of rotatable bonds is 8. The minimum Gasteiger partial charge on any atom is -0.353 e. The summed E-state index contributed by atoms with van der Waals surface area (Å²) in [6.07, 6.45) is 0.623. The third-order valence-corrected chi connectivity index (χ3v) is 4.63. The molecule has 0 unspecified atom stereocenters. The van der Waals surface area contributed by atoms with Gasteiger partial charge in [-0.1, -0.05) is 24.3 Å². The largest absolute Gasteiger partial charge is 0.353 e. The normalized spacial score (nSPS) is 10.6. The summed E-state index contributed by atoms with van der Waals surface area (Å²) in [6, 6.07) is 13.5. The monoisotopic (exact) mass is 374 g/mol. The molecule has 0 saturated heterocycles. The van der Waals surface area contributed by atoms with Crippen LogP contribution in [0.5, 0.6) is 0 Å². The molecule has 0 spiro atoms. The molecule has 138 valence electrons. The highest BCUT2D eigenvalue weighted by atomic mass is 32.2. The van der Waals surface area contributed by atoms with Crippen LogP contribution in [0.1, 0.15) is 29.8 Å². The van der Waals surface area contributed by atoms with Gasteiger partial charge in [0.1, 0.15) is 5.82 Å². The van der Waals surface area contributed by atoms with Crippen LogP contribution in [0.3, 0.4) is 0 Å². The number of halogens is 1. The zero-order valence-electron chi connectivity index (χ0n) is 14.9. The van der Waals surface area contributed by atoms with Crippen LogP contribution in [0, 0.1) is 5.82 Å². The first-order valence-electron chi connectivity index (χ1n) is 8.49. The summed E-state index contributed by atoms with van der Waals surface area (Å²) in [5, 5.41) is 5.71. The van der Waals surface area contributed by atoms with Crippen molar-refractivity contribution < 1.29 is 14.0 Å². The van der Waals surface area contributed by atoms with Gasteiger partial charge in [0.2, 0.25) is 5.91 Å². The van der Waals surface area contributed by atoms with Gasteiger partial charge in [-0.3, -0.25) is 9.59 Å². The molecule has 2 aromatic rings. The highest BCUT2D eigenvalue weighted by Crippen LogP contribution is 2.22. The predicted molar refractivity (Wildman–Crippen MR) is 103 cm³/mol. The molecule has 0 fully saturated rings. The van der Waals surface area contributed by atoms with Crippen LogP contribution in [0.25, 0.3) is 0 Å². The molecular weight excluding hydrogens is 351 g/mol. The van der Waals surface area contributed by atoms with Crippen LogP contribution in [-0.2, 0) is 11.2 Å². The summed E-state index contributed by atoms with van der Waals surface area (Å²) in [6.45, 7) is 4.27. The third-order valence-electron chi connectivity index (χ3n) is 3.55. The maximum absolute atomic E-state index is 12.9. The van der Waals surface area contributed by atoms with Crippen molar-refractivity contribution in [2.75, 3.05) is 12.3 Å². The summed E-state index contributed by atoms with van der Waals surface area (Å²) in [7, 11) is 0. The molecule has 26 heavy (non-hydrogen) atoms. The molecule has 0 aliphatic rings. The van der Waals surface area contributed by atoms with E-state index in [1.807, 2.05) is 26.0 Å². The average Bonchev–Trinajstić information content (AvgIpc) is 2.61. The number of hydrogen-bond donors (Lipinski definition) is 2. The molecule has 0 aliphatic heterocycles. The van der Waals surface area contributed by atoms with Crippen molar-refractivity contribution in [3.05, 3.63) is 65.5 Å². The summed E-state index contributed by atoms with van der Waals surface area (Å²) in [4.78, 5) is 25.0. The fourth-order valence-electron chi connectivity index (χ4n) is 2.35. The number of carbonyl (C=O) groups excluding carboxylic acids is 2. The van der Waals surface area contributed by atoms with Gasteiger partial charge >= 0.3 is 0 Å². The predicted octanol–water partition coefficient (Wildman–Crippen LogP) is 3.41. The van der Waals surface area contributed by atoms with Crippen LogP contribution in [0.2, 0.25) is 0 Å². The van der Waals surface area contributed by atoms with Gasteiger partial charge in [-0.2, -0.15) is 0 Å². The summed E-state index contributed by atoms with van der Waals surface area (Å²) in [5.41, 5.74) is 1.51. The van der Waals surface area contributed by atoms with Gasteiger partial charge in [0.05, 0.1) is 11.3 Å². The van der Waals surface area contributed by atoms with E-state index in [1.54, 1.807) is 24.3 Å². The Balaban J connectivity index is 1.89. The van der Waals surface area contributed by atoms with Gasteiger partial charge in [-0.05, 0) is 50.1 Å². The van der Waals surface area contributed by atoms with E-state index < -0.39 is 0 Å². The second-order valence-corrected chi connectivity index (χ2v) is 7.16. The van der Waals surface area contributed by atoms with E-state index in [0.717, 1.165) is 10.5 Å². The maximum atomic E-state index is 12.9. The summed E-state index contributed by atoms with van der Waals surface area (Å²) in [5.74, 6) is -0.251. The standard InChI is InChI=1S/C20H23FN2O2S/c1-14(2)23-19(24)13-26-18-6-4-3-5-17(18)20(25)22-12-11-15-7-9-16(21)10-8-15/h3-10,14H,11-13H2,1-2H3,(H,22,25)(H,23,24). The lowest BCUT2D eigenvalue weighted by molar-refractivity contribution is -0.119. The first-order valence-corrected chi connectivity index (χ1v) is 9.48. The minimum absolute atomic E-state index is 0.0588. The lowest BCUT2D eigenvalue weighted by Gasteiger charge is -2.11. The van der Waals surface area contributed by atoms with E-state index in [9.17, 15) is 14.0 Å². The number of hydrogen-bond acceptors (Lipinski definition) is 3. The van der Waals surface area contributed by atoms with E-state index >= 15 is 0 Å². The summed E-state index contributed by atoms with van der Waals surface area (Å²) >= 11 is 1.34. The lowest BCUT2D eigenvalue weighted by Crippen LogP contribution is -2.31. The Morgan fingerprint density at radius 1 is 1.08 bits per heavy atom. The Morgan fingerprint density at radius 3 is 2.46 bits per heavy atom. The molecule has 0 saturated carbocycles. The molecule has 2 rings (SSSR count). The lowest BCUT2D eigenvalue weighted by atomic mass is 10.1. The van der Waals surface area contributed by atoms with Crippen molar-refractivity contribution >= 4 is 23.6 Å². The molecule has 4 nitrogen and oxygen atoms in total. The first kappa shape index (κ1) is 20.0. The topological polar surface area (TPSA) is 58.2 Å². The van der Waals surface area contributed by atoms with Gasteiger partial charge in [0.15, 0.2) is 0 Å². The molecular formula is C20H23FN2O2S. The van der Waals surface area contributed by atoms with Gasteiger partial charge in [0.25, 0.3) is 5.91 Å². The van der Waals surface area contributed by atoms with Gasteiger partial charge in [-0.25, -0.2) is 4.39 Å². The molecule has 0 heterocycles. The van der Waals surface area contributed by atoms with E-state index in [-0.39, 0.29) is 29.4 Å². The highest BCUT2D eigenvalue weighted by Gasteiger charge is 2.12. The van der Waals surface area contributed by atoms with Crippen molar-refractivity contribution in [1.29, 1.82) is 0 Å². The molecule has 2 N–H and O–H groups in total. The van der Waals surface area contributed by atoms with Crippen molar-refractivity contribution in [3.8, 4) is 0 Å². The number of carbonyl (C=O) groups is 2. The van der Waals surface area contributed by atoms with Gasteiger partial charge in [0, 0.05) is 17.5 Å². The number of benzene rings is 2. The fraction of sp³-hybridized carbons (Fsp3) is 0.300. The third kappa shape index (κ3) is 6.52. The molecule has 2 aromatic carbocycles. The molecule has 0 aromatic heterocycles. The summed E-state index contributed by atoms with van der Waals surface area (Å²) < 4.78 is 12.9. The van der Waals surface area contributed by atoms with Crippen LogP contribution in [-0.4, -0.2) is 30.2 Å². The van der Waals surface area contributed by atoms with Gasteiger partial charge < -0.3 is 10.6 Å². The van der Waals surface area contributed by atoms with E-state index in [4.69, 9.17) is 0 Å². The van der Waals surface area contributed by atoms with E-state index in [0.29, 0.717) is 18.5 Å². The molecule has 0 aliphatic carbocycles. The second-order valence-electron chi connectivity index (χ2n) is 6.14. The average molecular weight is 374 g/mol. The van der Waals surface area contributed by atoms with Crippen molar-refractivity contribution in [1.82, 2.24) is 10.6 Å². The maximum Gasteiger partial charge on any atom is 0.252 e. The molecule has 6 heteroatoms. The Labute approximate surface area is 157 Å². The SMILES string of the molecule is CC(C)NC(=O)CSc1ccccc1C(=O)NCCc1ccc(F)cc1. The van der Waals surface area contributed by atoms with Crippen LogP contribution >= 0.6 is 11.8 Å². The molecule has 0 radical (unpaired) electrons. The Bertz CT molecular complexity index is 748. The highest BCUT2D eigenvalue weighted by molar-refractivity contribution is 8.00. The zero-order chi connectivity index (χ0) is 18.9. The quantitative estimate of drug-likeness (QED) is 0.696. The molecule has 0 atom stereocenters. The number of thioether (sulfide) groups is 1. The first-order chi connectivity index (χ1) is 12.5. The van der Waals surface area contributed by atoms with Crippen LogP contribution < -0.4 is 10.6 Å². The number of amides is 2.